The van der Waals surface area contributed by atoms with Crippen LogP contribution in [0.2, 0.25) is 0 Å². The number of aryl methyl sites for hydroxylation is 1. The minimum absolute atomic E-state index is 0.434. The molecule has 0 aromatic heterocycles. The Balaban J connectivity index is 2.08. The van der Waals surface area contributed by atoms with Crippen LogP contribution in [0.5, 0.6) is 0 Å². The summed E-state index contributed by atoms with van der Waals surface area (Å²) in [6, 6.07) is 7.90. The van der Waals surface area contributed by atoms with E-state index in [0.29, 0.717) is 19.0 Å². The van der Waals surface area contributed by atoms with E-state index < -0.39 is 11.8 Å². The van der Waals surface area contributed by atoms with Crippen LogP contribution < -0.4 is 0 Å². The summed E-state index contributed by atoms with van der Waals surface area (Å²) >= 11 is 0. The van der Waals surface area contributed by atoms with Crippen molar-refractivity contribution < 1.29 is 14.2 Å². The molecule has 0 fully saturated rings. The quantitative estimate of drug-likeness (QED) is 0.541. The first-order valence-electron chi connectivity index (χ1n) is 5.65. The van der Waals surface area contributed by atoms with Gasteiger partial charge in [-0.05, 0) is 24.2 Å². The first-order valence-corrected chi connectivity index (χ1v) is 5.65. The van der Waals surface area contributed by atoms with Crippen molar-refractivity contribution in [1.82, 2.24) is 4.90 Å². The minimum atomic E-state index is -0.801. The van der Waals surface area contributed by atoms with E-state index in [1.54, 1.807) is 0 Å². The van der Waals surface area contributed by atoms with Crippen LogP contribution in [-0.4, -0.2) is 40.3 Å². The molecule has 2 heterocycles. The molecule has 0 aliphatic carbocycles. The maximum atomic E-state index is 11.6. The Labute approximate surface area is 103 Å². The number of carbonyl (C=O) groups excluding carboxylic acids is 2. The van der Waals surface area contributed by atoms with Crippen LogP contribution >= 0.6 is 0 Å². The van der Waals surface area contributed by atoms with Gasteiger partial charge in [-0.15, -0.1) is 0 Å². The van der Waals surface area contributed by atoms with Crippen LogP contribution in [0.3, 0.4) is 0 Å². The van der Waals surface area contributed by atoms with Crippen molar-refractivity contribution in [3.8, 4) is 0 Å². The van der Waals surface area contributed by atoms with Crippen LogP contribution in [0.25, 0.3) is 0 Å². The van der Waals surface area contributed by atoms with Gasteiger partial charge in [0.2, 0.25) is 0 Å². The van der Waals surface area contributed by atoms with Gasteiger partial charge in [0.05, 0.1) is 5.11 Å². The van der Waals surface area contributed by atoms with Crippen molar-refractivity contribution in [3.63, 3.8) is 0 Å². The largest absolute Gasteiger partial charge is 0.425 e. The van der Waals surface area contributed by atoms with Gasteiger partial charge >= 0.3 is 17.8 Å². The van der Waals surface area contributed by atoms with Gasteiger partial charge in [-0.1, -0.05) is 17.7 Å². The standard InChI is InChI=1S/C12H11N4O2/c1-8-2-4-9(5-3-8)15-6-7-16-11(18)10(17)13-14-12(15)16/h2-5H,6-7H2,1H3/q+1. The second kappa shape index (κ2) is 3.83. The molecule has 0 spiro atoms. The zero-order chi connectivity index (χ0) is 12.7. The molecule has 3 rings (SSSR count). The fraction of sp³-hybridized carbons (Fsp3) is 0.250. The minimum Gasteiger partial charge on any atom is -0.256 e. The van der Waals surface area contributed by atoms with Gasteiger partial charge in [0.15, 0.2) is 0 Å². The topological polar surface area (TPSA) is 65.1 Å². The van der Waals surface area contributed by atoms with Crippen molar-refractivity contribution in [3.05, 3.63) is 29.8 Å². The maximum Gasteiger partial charge on any atom is 0.425 e. The molecular weight excluding hydrogens is 232 g/mol. The SMILES string of the molecule is Cc1ccc([N+]2=C3N=NC(=O)C(=O)N3CC2)cc1. The number of amides is 2. The van der Waals surface area contributed by atoms with Crippen molar-refractivity contribution in [2.24, 2.45) is 10.2 Å². The van der Waals surface area contributed by atoms with Gasteiger partial charge in [0.25, 0.3) is 0 Å². The lowest BCUT2D eigenvalue weighted by Crippen LogP contribution is -2.41. The van der Waals surface area contributed by atoms with Crippen LogP contribution in [0.15, 0.2) is 34.5 Å². The van der Waals surface area contributed by atoms with E-state index in [4.69, 9.17) is 0 Å². The Morgan fingerprint density at radius 3 is 2.61 bits per heavy atom. The van der Waals surface area contributed by atoms with E-state index in [1.807, 2.05) is 35.8 Å². The highest BCUT2D eigenvalue weighted by molar-refractivity contribution is 6.39. The summed E-state index contributed by atoms with van der Waals surface area (Å²) in [6.45, 7) is 3.10. The lowest BCUT2D eigenvalue weighted by molar-refractivity contribution is -0.429. The van der Waals surface area contributed by atoms with Crippen molar-refractivity contribution >= 4 is 23.5 Å². The predicted octanol–water partition coefficient (Wildman–Crippen LogP) is 0.830. The average Bonchev–Trinajstić information content (AvgIpc) is 2.79. The normalized spacial score (nSPS) is 18.6. The number of azo groups is 1. The molecule has 0 saturated heterocycles. The summed E-state index contributed by atoms with van der Waals surface area (Å²) in [5.74, 6) is -0.970. The molecule has 90 valence electrons. The summed E-state index contributed by atoms with van der Waals surface area (Å²) in [5.41, 5.74) is 2.11. The number of carbonyl (C=O) groups is 2. The van der Waals surface area contributed by atoms with Gasteiger partial charge in [-0.25, -0.2) is 9.37 Å². The predicted molar refractivity (Wildman–Crippen MR) is 62.5 cm³/mol. The molecule has 0 bridgehead atoms. The first-order chi connectivity index (χ1) is 8.66. The number of hydrogen-bond acceptors (Lipinski definition) is 3. The maximum absolute atomic E-state index is 11.6. The first kappa shape index (κ1) is 10.8. The summed E-state index contributed by atoms with van der Waals surface area (Å²) < 4.78 is 1.88. The fourth-order valence-corrected chi connectivity index (χ4v) is 2.06. The molecular formula is C12H11N4O2+. The van der Waals surface area contributed by atoms with Gasteiger partial charge in [0, 0.05) is 0 Å². The summed E-state index contributed by atoms with van der Waals surface area (Å²) in [6.07, 6.45) is 0. The summed E-state index contributed by atoms with van der Waals surface area (Å²) in [5, 5.41) is 7.19. The molecule has 2 amide bonds. The highest BCUT2D eigenvalue weighted by Gasteiger charge is 2.44. The number of hydrogen-bond donors (Lipinski definition) is 0. The van der Waals surface area contributed by atoms with Crippen LogP contribution in [0, 0.1) is 6.92 Å². The zero-order valence-electron chi connectivity index (χ0n) is 9.83. The lowest BCUT2D eigenvalue weighted by atomic mass is 10.2. The summed E-state index contributed by atoms with van der Waals surface area (Å²) in [7, 11) is 0. The number of benzene rings is 1. The lowest BCUT2D eigenvalue weighted by Gasteiger charge is -2.07. The van der Waals surface area contributed by atoms with Crippen LogP contribution in [0.4, 0.5) is 5.69 Å². The Bertz CT molecular complexity index is 601. The molecule has 0 N–H and O–H groups in total. The molecule has 6 heteroatoms. The highest BCUT2D eigenvalue weighted by Crippen LogP contribution is 2.19. The Hall–Kier alpha value is -2.37. The third-order valence-electron chi connectivity index (χ3n) is 3.03. The smallest absolute Gasteiger partial charge is 0.256 e. The summed E-state index contributed by atoms with van der Waals surface area (Å²) in [4.78, 5) is 24.1. The van der Waals surface area contributed by atoms with E-state index in [1.165, 1.54) is 4.90 Å². The van der Waals surface area contributed by atoms with Crippen molar-refractivity contribution in [2.45, 2.75) is 6.92 Å². The molecule has 1 aromatic carbocycles. The van der Waals surface area contributed by atoms with Crippen LogP contribution in [-0.2, 0) is 9.59 Å². The van der Waals surface area contributed by atoms with E-state index in [-0.39, 0.29) is 0 Å². The van der Waals surface area contributed by atoms with E-state index in [9.17, 15) is 9.59 Å². The molecule has 0 radical (unpaired) electrons. The molecule has 2 aliphatic heterocycles. The van der Waals surface area contributed by atoms with Crippen molar-refractivity contribution in [2.75, 3.05) is 13.1 Å². The van der Waals surface area contributed by atoms with Gasteiger partial charge in [-0.2, -0.15) is 4.90 Å². The fourth-order valence-electron chi connectivity index (χ4n) is 2.06. The van der Waals surface area contributed by atoms with E-state index >= 15 is 0 Å². The van der Waals surface area contributed by atoms with E-state index in [2.05, 4.69) is 10.2 Å². The van der Waals surface area contributed by atoms with Crippen molar-refractivity contribution in [1.29, 1.82) is 0 Å². The average molecular weight is 243 g/mol. The number of rotatable bonds is 1. The van der Waals surface area contributed by atoms with Crippen LogP contribution in [0.1, 0.15) is 5.56 Å². The second-order valence-electron chi connectivity index (χ2n) is 4.25. The van der Waals surface area contributed by atoms with Gasteiger partial charge < -0.3 is 0 Å². The highest BCUT2D eigenvalue weighted by atomic mass is 16.2. The van der Waals surface area contributed by atoms with Gasteiger partial charge in [0.1, 0.15) is 18.8 Å². The number of nitrogens with zero attached hydrogens (tertiary/aromatic N) is 4. The third kappa shape index (κ3) is 1.54. The molecule has 2 aliphatic rings. The second-order valence-corrected chi connectivity index (χ2v) is 4.25. The third-order valence-corrected chi connectivity index (χ3v) is 3.03. The van der Waals surface area contributed by atoms with Gasteiger partial charge in [-0.3, -0.25) is 4.79 Å². The molecule has 1 aromatic rings. The Kier molecular flexibility index (Phi) is 2.29. The zero-order valence-corrected chi connectivity index (χ0v) is 9.83. The number of fused-ring (bicyclic) bond motifs is 1. The molecule has 0 unspecified atom stereocenters. The Morgan fingerprint density at radius 1 is 1.17 bits per heavy atom. The molecule has 0 atom stereocenters. The number of guanidine groups is 1. The van der Waals surface area contributed by atoms with E-state index in [0.717, 1.165) is 11.3 Å². The monoisotopic (exact) mass is 243 g/mol. The Morgan fingerprint density at radius 2 is 1.89 bits per heavy atom. The molecule has 18 heavy (non-hydrogen) atoms. The molecule has 0 saturated carbocycles. The molecule has 6 nitrogen and oxygen atoms in total.